The predicted molar refractivity (Wildman–Crippen MR) is 207 cm³/mol. The zero-order valence-corrected chi connectivity index (χ0v) is 27.6. The van der Waals surface area contributed by atoms with Crippen molar-refractivity contribution in [2.45, 2.75) is 0 Å². The van der Waals surface area contributed by atoms with Gasteiger partial charge in [-0.05, 0) is 46.5 Å². The highest BCUT2D eigenvalue weighted by Gasteiger charge is 2.16. The minimum atomic E-state index is 0.637. The predicted octanol–water partition coefficient (Wildman–Crippen LogP) is 11.2. The fourth-order valence-electron chi connectivity index (χ4n) is 6.54. The van der Waals surface area contributed by atoms with E-state index in [0.717, 1.165) is 67.1 Å². The van der Waals surface area contributed by atoms with Crippen LogP contribution in [0.5, 0.6) is 0 Å². The third-order valence-electron chi connectivity index (χ3n) is 9.08. The maximum atomic E-state index is 5.04. The molecule has 0 aliphatic rings. The molecule has 0 unspecified atom stereocenters. The van der Waals surface area contributed by atoms with Crippen molar-refractivity contribution in [1.82, 2.24) is 24.3 Å². The SMILES string of the molecule is c1ccc(-c2nc(-c3ccccc3)nc(-c3cccc(-c4cccc(-c5ccc(-c6nc7ccccn7c6-c6ccccc6)cc5)c4)c3)n2)cc1. The summed E-state index contributed by atoms with van der Waals surface area (Å²) in [5, 5.41) is 0. The molecule has 0 amide bonds. The number of fused-ring (bicyclic) bond motifs is 1. The summed E-state index contributed by atoms with van der Waals surface area (Å²) in [6.07, 6.45) is 2.08. The van der Waals surface area contributed by atoms with Crippen LogP contribution in [-0.4, -0.2) is 24.3 Å². The molecule has 3 heterocycles. The molecule has 5 heteroatoms. The largest absolute Gasteiger partial charge is 0.299 e. The van der Waals surface area contributed by atoms with Crippen molar-refractivity contribution in [3.8, 4) is 78.9 Å². The van der Waals surface area contributed by atoms with Crippen LogP contribution in [0.4, 0.5) is 0 Å². The number of imidazole rings is 1. The van der Waals surface area contributed by atoms with Crippen molar-refractivity contribution < 1.29 is 0 Å². The number of pyridine rings is 1. The minimum absolute atomic E-state index is 0.637. The first-order chi connectivity index (χ1) is 25.3. The summed E-state index contributed by atoms with van der Waals surface area (Å²) < 4.78 is 2.16. The molecule has 0 aliphatic carbocycles. The summed E-state index contributed by atoms with van der Waals surface area (Å²) >= 11 is 0. The van der Waals surface area contributed by atoms with Gasteiger partial charge < -0.3 is 0 Å². The molecule has 9 rings (SSSR count). The fourth-order valence-corrected chi connectivity index (χ4v) is 6.54. The van der Waals surface area contributed by atoms with Gasteiger partial charge in [-0.2, -0.15) is 0 Å². The molecule has 5 nitrogen and oxygen atoms in total. The molecule has 0 radical (unpaired) electrons. The van der Waals surface area contributed by atoms with Gasteiger partial charge in [0.1, 0.15) is 5.65 Å². The van der Waals surface area contributed by atoms with Gasteiger partial charge in [0.05, 0.1) is 11.4 Å². The fraction of sp³-hybridized carbons (Fsp3) is 0. The Kier molecular flexibility index (Phi) is 7.76. The first-order valence-corrected chi connectivity index (χ1v) is 17.0. The van der Waals surface area contributed by atoms with Gasteiger partial charge in [-0.1, -0.05) is 158 Å². The number of nitrogens with zero attached hydrogens (tertiary/aromatic N) is 5. The summed E-state index contributed by atoms with van der Waals surface area (Å²) in [6.45, 7) is 0. The Morgan fingerprint density at radius 2 is 0.725 bits per heavy atom. The van der Waals surface area contributed by atoms with Crippen LogP contribution in [0, 0.1) is 0 Å². The maximum Gasteiger partial charge on any atom is 0.164 e. The topological polar surface area (TPSA) is 56.0 Å². The van der Waals surface area contributed by atoms with Crippen LogP contribution in [0.15, 0.2) is 188 Å². The molecule has 0 fully saturated rings. The lowest BCUT2D eigenvalue weighted by Gasteiger charge is -2.11. The van der Waals surface area contributed by atoms with Crippen molar-refractivity contribution >= 4 is 5.65 Å². The van der Waals surface area contributed by atoms with Crippen LogP contribution < -0.4 is 0 Å². The van der Waals surface area contributed by atoms with Gasteiger partial charge in [0.15, 0.2) is 17.5 Å². The molecule has 0 N–H and O–H groups in total. The molecule has 0 spiro atoms. The normalized spacial score (nSPS) is 11.1. The van der Waals surface area contributed by atoms with Gasteiger partial charge in [-0.25, -0.2) is 19.9 Å². The van der Waals surface area contributed by atoms with Crippen molar-refractivity contribution in [2.24, 2.45) is 0 Å². The highest BCUT2D eigenvalue weighted by molar-refractivity contribution is 5.83. The van der Waals surface area contributed by atoms with E-state index in [9.17, 15) is 0 Å². The van der Waals surface area contributed by atoms with E-state index in [4.69, 9.17) is 19.9 Å². The second-order valence-electron chi connectivity index (χ2n) is 12.4. The Labute approximate surface area is 296 Å². The average Bonchev–Trinajstić information content (AvgIpc) is 3.62. The number of rotatable bonds is 7. The third-order valence-corrected chi connectivity index (χ3v) is 9.08. The van der Waals surface area contributed by atoms with E-state index in [2.05, 4.69) is 114 Å². The van der Waals surface area contributed by atoms with Crippen molar-refractivity contribution in [3.05, 3.63) is 188 Å². The van der Waals surface area contributed by atoms with Gasteiger partial charge in [0.25, 0.3) is 0 Å². The van der Waals surface area contributed by atoms with Crippen LogP contribution in [0.3, 0.4) is 0 Å². The Bertz CT molecular complexity index is 2560. The number of benzene rings is 6. The van der Waals surface area contributed by atoms with Gasteiger partial charge in [-0.15, -0.1) is 0 Å². The number of aromatic nitrogens is 5. The van der Waals surface area contributed by atoms with E-state index in [1.165, 1.54) is 0 Å². The second kappa shape index (κ2) is 13.1. The van der Waals surface area contributed by atoms with Crippen LogP contribution in [0.25, 0.3) is 84.6 Å². The van der Waals surface area contributed by atoms with E-state index in [-0.39, 0.29) is 0 Å². The lowest BCUT2D eigenvalue weighted by molar-refractivity contribution is 1.07. The summed E-state index contributed by atoms with van der Waals surface area (Å²) in [4.78, 5) is 19.8. The second-order valence-corrected chi connectivity index (χ2v) is 12.4. The molecule has 9 aromatic rings. The zero-order valence-electron chi connectivity index (χ0n) is 27.6. The molecule has 51 heavy (non-hydrogen) atoms. The van der Waals surface area contributed by atoms with Crippen LogP contribution >= 0.6 is 0 Å². The Morgan fingerprint density at radius 1 is 0.294 bits per heavy atom. The Balaban J connectivity index is 1.06. The standard InChI is InChI=1S/C46H31N5/c1-4-14-34(15-5-1)43-42(47-41-24-10-11-29-51(41)43)33-27-25-32(26-28-33)37-20-12-21-38(30-37)39-22-13-23-40(31-39)46-49-44(35-16-6-2-7-17-35)48-45(50-46)36-18-8-3-9-19-36/h1-31H. The summed E-state index contributed by atoms with van der Waals surface area (Å²) in [5.41, 5.74) is 12.5. The Hall–Kier alpha value is -6.98. The lowest BCUT2D eigenvalue weighted by atomic mass is 9.96. The highest BCUT2D eigenvalue weighted by atomic mass is 15.0. The molecule has 0 bridgehead atoms. The molecule has 0 saturated carbocycles. The molecule has 0 atom stereocenters. The summed E-state index contributed by atoms with van der Waals surface area (Å²) in [7, 11) is 0. The van der Waals surface area contributed by atoms with Crippen LogP contribution in [-0.2, 0) is 0 Å². The summed E-state index contributed by atoms with van der Waals surface area (Å²) in [5.74, 6) is 1.93. The van der Waals surface area contributed by atoms with E-state index in [1.807, 2.05) is 78.9 Å². The monoisotopic (exact) mass is 653 g/mol. The minimum Gasteiger partial charge on any atom is -0.299 e. The smallest absolute Gasteiger partial charge is 0.164 e. The maximum absolute atomic E-state index is 5.04. The molecule has 0 aliphatic heterocycles. The first-order valence-electron chi connectivity index (χ1n) is 17.0. The lowest BCUT2D eigenvalue weighted by Crippen LogP contribution is -2.00. The van der Waals surface area contributed by atoms with Crippen LogP contribution in [0.1, 0.15) is 0 Å². The average molecular weight is 654 g/mol. The van der Waals surface area contributed by atoms with Gasteiger partial charge >= 0.3 is 0 Å². The molecular weight excluding hydrogens is 623 g/mol. The number of hydrogen-bond donors (Lipinski definition) is 0. The molecule has 0 saturated heterocycles. The van der Waals surface area contributed by atoms with Crippen molar-refractivity contribution in [1.29, 1.82) is 0 Å². The van der Waals surface area contributed by atoms with Crippen molar-refractivity contribution in [2.75, 3.05) is 0 Å². The van der Waals surface area contributed by atoms with Crippen molar-refractivity contribution in [3.63, 3.8) is 0 Å². The molecule has 240 valence electrons. The molecular formula is C46H31N5. The molecule has 3 aromatic heterocycles. The number of hydrogen-bond acceptors (Lipinski definition) is 4. The van der Waals surface area contributed by atoms with Gasteiger partial charge in [0, 0.05) is 34.0 Å². The van der Waals surface area contributed by atoms with Crippen LogP contribution in [0.2, 0.25) is 0 Å². The first kappa shape index (κ1) is 30.1. The highest BCUT2D eigenvalue weighted by Crippen LogP contribution is 2.35. The van der Waals surface area contributed by atoms with Gasteiger partial charge in [0.2, 0.25) is 0 Å². The third kappa shape index (κ3) is 5.98. The molecule has 6 aromatic carbocycles. The van der Waals surface area contributed by atoms with E-state index in [0.29, 0.717) is 17.5 Å². The van der Waals surface area contributed by atoms with E-state index >= 15 is 0 Å². The Morgan fingerprint density at radius 3 is 1.31 bits per heavy atom. The van der Waals surface area contributed by atoms with Gasteiger partial charge in [-0.3, -0.25) is 4.40 Å². The van der Waals surface area contributed by atoms with E-state index in [1.54, 1.807) is 0 Å². The summed E-state index contributed by atoms with van der Waals surface area (Å²) in [6, 6.07) is 62.5. The quantitative estimate of drug-likeness (QED) is 0.172. The zero-order chi connectivity index (χ0) is 34.0. The van der Waals surface area contributed by atoms with E-state index < -0.39 is 0 Å².